The molecule has 2 nitrogen and oxygen atoms in total. The molecule has 2 rings (SSSR count). The van der Waals surface area contributed by atoms with Crippen LogP contribution in [0.25, 0.3) is 10.2 Å². The molecular formula is C14H18ClNOS. The van der Waals surface area contributed by atoms with Gasteiger partial charge >= 0.3 is 0 Å². The highest BCUT2D eigenvalue weighted by molar-refractivity contribution is 7.20. The van der Waals surface area contributed by atoms with Gasteiger partial charge in [-0.1, -0.05) is 25.4 Å². The smallest absolute Gasteiger partial charge is 0.100 e. The first-order valence-electron chi connectivity index (χ1n) is 6.03. The van der Waals surface area contributed by atoms with E-state index in [0.29, 0.717) is 5.92 Å². The predicted octanol–water partition coefficient (Wildman–Crippen LogP) is 4.61. The lowest BCUT2D eigenvalue weighted by atomic mass is 9.96. The second kappa shape index (κ2) is 4.48. The summed E-state index contributed by atoms with van der Waals surface area (Å²) >= 11 is 8.06. The van der Waals surface area contributed by atoms with Crippen molar-refractivity contribution in [2.24, 2.45) is 0 Å². The van der Waals surface area contributed by atoms with Crippen LogP contribution >= 0.6 is 22.9 Å². The van der Waals surface area contributed by atoms with Gasteiger partial charge < -0.3 is 5.11 Å². The molecular weight excluding hydrogens is 266 g/mol. The van der Waals surface area contributed by atoms with Gasteiger partial charge in [0.15, 0.2) is 0 Å². The van der Waals surface area contributed by atoms with Gasteiger partial charge in [-0.2, -0.15) is 0 Å². The van der Waals surface area contributed by atoms with Crippen molar-refractivity contribution in [1.82, 2.24) is 4.98 Å². The molecule has 18 heavy (non-hydrogen) atoms. The van der Waals surface area contributed by atoms with Gasteiger partial charge in [-0.25, -0.2) is 0 Å². The molecule has 0 saturated heterocycles. The molecule has 0 saturated carbocycles. The van der Waals surface area contributed by atoms with Crippen molar-refractivity contribution in [2.75, 3.05) is 0 Å². The van der Waals surface area contributed by atoms with Crippen LogP contribution in [0.15, 0.2) is 6.20 Å². The number of hydrogen-bond donors (Lipinski definition) is 1. The van der Waals surface area contributed by atoms with Crippen LogP contribution in [0, 0.1) is 6.92 Å². The summed E-state index contributed by atoms with van der Waals surface area (Å²) in [6.07, 6.45) is 1.74. The van der Waals surface area contributed by atoms with Gasteiger partial charge in [0.05, 0.1) is 15.3 Å². The van der Waals surface area contributed by atoms with E-state index in [1.54, 1.807) is 31.4 Å². The predicted molar refractivity (Wildman–Crippen MR) is 78.7 cm³/mol. The van der Waals surface area contributed by atoms with Crippen LogP contribution < -0.4 is 0 Å². The number of aromatic nitrogens is 1. The quantitative estimate of drug-likeness (QED) is 0.873. The second-order valence-corrected chi connectivity index (χ2v) is 6.90. The topological polar surface area (TPSA) is 33.1 Å². The van der Waals surface area contributed by atoms with Gasteiger partial charge in [-0.15, -0.1) is 11.3 Å². The summed E-state index contributed by atoms with van der Waals surface area (Å²) in [7, 11) is 0. The summed E-state index contributed by atoms with van der Waals surface area (Å²) in [5, 5.41) is 10.9. The van der Waals surface area contributed by atoms with Crippen LogP contribution in [-0.4, -0.2) is 10.1 Å². The lowest BCUT2D eigenvalue weighted by molar-refractivity contribution is 0.0778. The molecule has 2 heterocycles. The summed E-state index contributed by atoms with van der Waals surface area (Å²) in [6.45, 7) is 9.84. The maximum absolute atomic E-state index is 10.1. The van der Waals surface area contributed by atoms with Crippen molar-refractivity contribution in [2.45, 2.75) is 46.1 Å². The molecule has 0 aliphatic heterocycles. The van der Waals surface area contributed by atoms with E-state index in [0.717, 1.165) is 31.2 Å². The van der Waals surface area contributed by atoms with E-state index in [2.05, 4.69) is 18.8 Å². The Morgan fingerprint density at radius 1 is 1.39 bits per heavy atom. The van der Waals surface area contributed by atoms with Gasteiger partial charge in [-0.05, 0) is 32.3 Å². The van der Waals surface area contributed by atoms with Gasteiger partial charge in [0.25, 0.3) is 0 Å². The molecule has 0 fully saturated rings. The van der Waals surface area contributed by atoms with Crippen LogP contribution in [-0.2, 0) is 5.60 Å². The number of nitrogens with zero attached hydrogens (tertiary/aromatic N) is 1. The fourth-order valence-corrected chi connectivity index (χ4v) is 3.81. The summed E-state index contributed by atoms with van der Waals surface area (Å²) in [4.78, 5) is 5.59. The summed E-state index contributed by atoms with van der Waals surface area (Å²) < 4.78 is 1.09. The van der Waals surface area contributed by atoms with Crippen molar-refractivity contribution in [1.29, 1.82) is 0 Å². The third-order valence-corrected chi connectivity index (χ3v) is 5.20. The minimum atomic E-state index is -0.875. The highest BCUT2D eigenvalue weighted by Crippen LogP contribution is 2.41. The van der Waals surface area contributed by atoms with E-state index in [1.165, 1.54) is 0 Å². The van der Waals surface area contributed by atoms with Gasteiger partial charge in [0, 0.05) is 16.6 Å². The molecule has 2 aromatic heterocycles. The SMILES string of the molecule is Cc1c(C(C)(C)O)cnc2c(Cl)c(C(C)C)sc12. The molecule has 0 unspecified atom stereocenters. The lowest BCUT2D eigenvalue weighted by Gasteiger charge is -2.19. The molecule has 0 atom stereocenters. The average Bonchev–Trinajstić information content (AvgIpc) is 2.56. The molecule has 0 aromatic carbocycles. The monoisotopic (exact) mass is 283 g/mol. The Kier molecular flexibility index (Phi) is 3.43. The van der Waals surface area contributed by atoms with Gasteiger partial charge in [-0.3, -0.25) is 4.98 Å². The Hall–Kier alpha value is -0.640. The Morgan fingerprint density at radius 2 is 2.00 bits per heavy atom. The molecule has 2 aromatic rings. The number of pyridine rings is 1. The maximum Gasteiger partial charge on any atom is 0.100 e. The number of halogens is 1. The van der Waals surface area contributed by atoms with Crippen LogP contribution in [0.4, 0.5) is 0 Å². The van der Waals surface area contributed by atoms with Crippen molar-refractivity contribution in [3.63, 3.8) is 0 Å². The zero-order valence-electron chi connectivity index (χ0n) is 11.3. The Balaban J connectivity index is 2.76. The standard InChI is InChI=1S/C14H18ClNOS/c1-7(2)12-10(15)11-13(18-12)8(3)9(6-16-11)14(4,5)17/h6-7,17H,1-5H3. The zero-order valence-corrected chi connectivity index (χ0v) is 12.9. The van der Waals surface area contributed by atoms with E-state index in [9.17, 15) is 5.11 Å². The molecule has 0 aliphatic carbocycles. The first kappa shape index (κ1) is 13.8. The van der Waals surface area contributed by atoms with Crippen molar-refractivity contribution in [3.05, 3.63) is 27.2 Å². The van der Waals surface area contributed by atoms with E-state index >= 15 is 0 Å². The lowest BCUT2D eigenvalue weighted by Crippen LogP contribution is -2.17. The number of rotatable bonds is 2. The van der Waals surface area contributed by atoms with E-state index in [-0.39, 0.29) is 0 Å². The zero-order chi connectivity index (χ0) is 13.7. The van der Waals surface area contributed by atoms with Crippen LogP contribution in [0.5, 0.6) is 0 Å². The Morgan fingerprint density at radius 3 is 2.50 bits per heavy atom. The van der Waals surface area contributed by atoms with Crippen molar-refractivity contribution >= 4 is 33.2 Å². The fourth-order valence-electron chi connectivity index (χ4n) is 2.13. The molecule has 0 spiro atoms. The summed E-state index contributed by atoms with van der Waals surface area (Å²) in [5.74, 6) is 0.390. The number of aliphatic hydroxyl groups is 1. The molecule has 98 valence electrons. The third kappa shape index (κ3) is 2.15. The van der Waals surface area contributed by atoms with Gasteiger partial charge in [0.2, 0.25) is 0 Å². The fraction of sp³-hybridized carbons (Fsp3) is 0.500. The highest BCUT2D eigenvalue weighted by atomic mass is 35.5. The second-order valence-electron chi connectivity index (χ2n) is 5.47. The largest absolute Gasteiger partial charge is 0.386 e. The van der Waals surface area contributed by atoms with Crippen LogP contribution in [0.3, 0.4) is 0 Å². The average molecular weight is 284 g/mol. The third-order valence-electron chi connectivity index (χ3n) is 3.10. The van der Waals surface area contributed by atoms with Gasteiger partial charge in [0.1, 0.15) is 5.52 Å². The number of hydrogen-bond acceptors (Lipinski definition) is 3. The van der Waals surface area contributed by atoms with Crippen LogP contribution in [0.2, 0.25) is 5.02 Å². The highest BCUT2D eigenvalue weighted by Gasteiger charge is 2.23. The summed E-state index contributed by atoms with van der Waals surface area (Å²) in [5.41, 5.74) is 1.92. The number of aryl methyl sites for hydroxylation is 1. The molecule has 0 aliphatic rings. The first-order valence-corrected chi connectivity index (χ1v) is 7.23. The maximum atomic E-state index is 10.1. The molecule has 4 heteroatoms. The summed E-state index contributed by atoms with van der Waals surface area (Å²) in [6, 6.07) is 0. The van der Waals surface area contributed by atoms with Crippen molar-refractivity contribution in [3.8, 4) is 0 Å². The first-order chi connectivity index (χ1) is 8.23. The number of thiophene rings is 1. The van der Waals surface area contributed by atoms with Crippen molar-refractivity contribution < 1.29 is 5.11 Å². The van der Waals surface area contributed by atoms with E-state index in [4.69, 9.17) is 11.6 Å². The minimum absolute atomic E-state index is 0.390. The number of fused-ring (bicyclic) bond motifs is 1. The van der Waals surface area contributed by atoms with Crippen LogP contribution in [0.1, 0.15) is 49.6 Å². The van der Waals surface area contributed by atoms with E-state index < -0.39 is 5.60 Å². The molecule has 0 radical (unpaired) electrons. The van der Waals surface area contributed by atoms with E-state index in [1.807, 2.05) is 6.92 Å². The Labute approximate surface area is 117 Å². The Bertz CT molecular complexity index is 596. The molecule has 1 N–H and O–H groups in total. The molecule has 0 amide bonds. The normalized spacial score (nSPS) is 12.7. The minimum Gasteiger partial charge on any atom is -0.386 e. The molecule has 0 bridgehead atoms.